The number of benzene rings is 2. The summed E-state index contributed by atoms with van der Waals surface area (Å²) >= 11 is 0. The van der Waals surface area contributed by atoms with Crippen LogP contribution in [0.2, 0.25) is 0 Å². The van der Waals surface area contributed by atoms with Gasteiger partial charge in [-0.1, -0.05) is 36.4 Å². The summed E-state index contributed by atoms with van der Waals surface area (Å²) in [5.74, 6) is 1.69. The number of methoxy groups -OCH3 is 1. The molecule has 3 aromatic rings. The minimum absolute atomic E-state index is 0.452. The third-order valence-electron chi connectivity index (χ3n) is 3.39. The Morgan fingerprint density at radius 3 is 2.36 bits per heavy atom. The minimum atomic E-state index is 0.452. The molecule has 1 aromatic heterocycles. The molecule has 0 spiro atoms. The van der Waals surface area contributed by atoms with Crippen LogP contribution in [-0.2, 0) is 6.61 Å². The average Bonchev–Trinajstić information content (AvgIpc) is 2.61. The zero-order valence-corrected chi connectivity index (χ0v) is 12.4. The molecule has 0 radical (unpaired) electrons. The van der Waals surface area contributed by atoms with Crippen LogP contribution in [0.5, 0.6) is 11.5 Å². The van der Waals surface area contributed by atoms with Gasteiger partial charge in [0.15, 0.2) is 0 Å². The van der Waals surface area contributed by atoms with E-state index in [-0.39, 0.29) is 0 Å². The average molecular weight is 291 g/mol. The van der Waals surface area contributed by atoms with Crippen molar-refractivity contribution in [3.63, 3.8) is 0 Å². The Balaban J connectivity index is 1.83. The first-order valence-corrected chi connectivity index (χ1v) is 7.13. The molecule has 0 saturated heterocycles. The summed E-state index contributed by atoms with van der Waals surface area (Å²) in [7, 11) is 1.67. The van der Waals surface area contributed by atoms with Gasteiger partial charge >= 0.3 is 0 Å². The van der Waals surface area contributed by atoms with Crippen molar-refractivity contribution < 1.29 is 9.47 Å². The highest BCUT2D eigenvalue weighted by atomic mass is 16.5. The van der Waals surface area contributed by atoms with Gasteiger partial charge in [0.1, 0.15) is 18.1 Å². The van der Waals surface area contributed by atoms with Gasteiger partial charge in [0.05, 0.1) is 12.8 Å². The van der Waals surface area contributed by atoms with E-state index in [1.165, 1.54) is 0 Å². The molecule has 0 fully saturated rings. The van der Waals surface area contributed by atoms with Crippen molar-refractivity contribution in [3.05, 3.63) is 78.6 Å². The Bertz CT molecular complexity index is 724. The van der Waals surface area contributed by atoms with Crippen LogP contribution in [0, 0.1) is 0 Å². The first-order valence-electron chi connectivity index (χ1n) is 7.13. The largest absolute Gasteiger partial charge is 0.497 e. The highest BCUT2D eigenvalue weighted by Crippen LogP contribution is 2.31. The van der Waals surface area contributed by atoms with Crippen molar-refractivity contribution in [1.29, 1.82) is 0 Å². The molecule has 0 saturated carbocycles. The van der Waals surface area contributed by atoms with Crippen LogP contribution in [0.1, 0.15) is 5.69 Å². The third kappa shape index (κ3) is 3.26. The molecule has 0 bridgehead atoms. The normalized spacial score (nSPS) is 10.2. The second-order valence-corrected chi connectivity index (χ2v) is 4.83. The highest BCUT2D eigenvalue weighted by Gasteiger charge is 2.06. The highest BCUT2D eigenvalue weighted by molar-refractivity contribution is 5.70. The van der Waals surface area contributed by atoms with Crippen molar-refractivity contribution in [3.8, 4) is 22.6 Å². The summed E-state index contributed by atoms with van der Waals surface area (Å²) in [5, 5.41) is 0. The molecule has 3 heteroatoms. The van der Waals surface area contributed by atoms with E-state index in [2.05, 4.69) is 11.1 Å². The summed E-state index contributed by atoms with van der Waals surface area (Å²) in [6.45, 7) is 0.452. The van der Waals surface area contributed by atoms with E-state index in [0.717, 1.165) is 28.3 Å². The lowest BCUT2D eigenvalue weighted by Gasteiger charge is -2.11. The molecule has 1 heterocycles. The van der Waals surface area contributed by atoms with E-state index in [1.54, 1.807) is 13.3 Å². The van der Waals surface area contributed by atoms with Crippen molar-refractivity contribution >= 4 is 0 Å². The Morgan fingerprint density at radius 2 is 1.64 bits per heavy atom. The standard InChI is InChI=1S/C19H17NO2/c1-21-17-11-9-15(10-12-17)18-7-2-3-8-19(18)22-14-16-6-4-5-13-20-16/h2-13H,14H2,1H3. The molecule has 0 N–H and O–H groups in total. The Hall–Kier alpha value is -2.81. The molecule has 3 nitrogen and oxygen atoms in total. The Labute approximate surface area is 130 Å². The summed E-state index contributed by atoms with van der Waals surface area (Å²) in [4.78, 5) is 4.28. The van der Waals surface area contributed by atoms with Crippen LogP contribution in [0.15, 0.2) is 72.9 Å². The Morgan fingerprint density at radius 1 is 0.864 bits per heavy atom. The summed E-state index contributed by atoms with van der Waals surface area (Å²) in [6.07, 6.45) is 1.77. The smallest absolute Gasteiger partial charge is 0.130 e. The number of para-hydroxylation sites is 1. The molecule has 0 aliphatic rings. The molecular formula is C19H17NO2. The maximum atomic E-state index is 5.94. The maximum absolute atomic E-state index is 5.94. The number of aromatic nitrogens is 1. The van der Waals surface area contributed by atoms with Gasteiger partial charge in [-0.15, -0.1) is 0 Å². The van der Waals surface area contributed by atoms with Crippen molar-refractivity contribution in [2.75, 3.05) is 7.11 Å². The molecule has 0 unspecified atom stereocenters. The molecule has 0 aliphatic carbocycles. The number of rotatable bonds is 5. The van der Waals surface area contributed by atoms with Crippen LogP contribution in [-0.4, -0.2) is 12.1 Å². The number of nitrogens with zero attached hydrogens (tertiary/aromatic N) is 1. The molecule has 0 amide bonds. The van der Waals surface area contributed by atoms with E-state index in [9.17, 15) is 0 Å². The predicted molar refractivity (Wildman–Crippen MR) is 87.0 cm³/mol. The lowest BCUT2D eigenvalue weighted by atomic mass is 10.0. The molecule has 2 aromatic carbocycles. The van der Waals surface area contributed by atoms with E-state index in [4.69, 9.17) is 9.47 Å². The second kappa shape index (κ2) is 6.76. The predicted octanol–water partition coefficient (Wildman–Crippen LogP) is 4.34. The number of hydrogen-bond donors (Lipinski definition) is 0. The topological polar surface area (TPSA) is 31.4 Å². The van der Waals surface area contributed by atoms with E-state index in [0.29, 0.717) is 6.61 Å². The third-order valence-corrected chi connectivity index (χ3v) is 3.39. The minimum Gasteiger partial charge on any atom is -0.497 e. The monoisotopic (exact) mass is 291 g/mol. The van der Waals surface area contributed by atoms with Crippen LogP contribution >= 0.6 is 0 Å². The second-order valence-electron chi connectivity index (χ2n) is 4.83. The SMILES string of the molecule is COc1ccc(-c2ccccc2OCc2ccccn2)cc1. The van der Waals surface area contributed by atoms with Gasteiger partial charge in [-0.2, -0.15) is 0 Å². The van der Waals surface area contributed by atoms with E-state index >= 15 is 0 Å². The van der Waals surface area contributed by atoms with Gasteiger partial charge in [0.2, 0.25) is 0 Å². The van der Waals surface area contributed by atoms with Gasteiger partial charge in [-0.25, -0.2) is 0 Å². The van der Waals surface area contributed by atoms with E-state index in [1.807, 2.05) is 60.7 Å². The van der Waals surface area contributed by atoms with Crippen LogP contribution < -0.4 is 9.47 Å². The first-order chi connectivity index (χ1) is 10.9. The molecule has 0 atom stereocenters. The number of hydrogen-bond acceptors (Lipinski definition) is 3. The van der Waals surface area contributed by atoms with Gasteiger partial charge in [0, 0.05) is 11.8 Å². The quantitative estimate of drug-likeness (QED) is 0.701. The van der Waals surface area contributed by atoms with E-state index < -0.39 is 0 Å². The summed E-state index contributed by atoms with van der Waals surface area (Å²) < 4.78 is 11.1. The van der Waals surface area contributed by atoms with Crippen LogP contribution in [0.25, 0.3) is 11.1 Å². The van der Waals surface area contributed by atoms with Crippen molar-refractivity contribution in [2.45, 2.75) is 6.61 Å². The molecule has 110 valence electrons. The fourth-order valence-corrected chi connectivity index (χ4v) is 2.24. The van der Waals surface area contributed by atoms with Crippen LogP contribution in [0.4, 0.5) is 0 Å². The zero-order valence-electron chi connectivity index (χ0n) is 12.4. The molecule has 22 heavy (non-hydrogen) atoms. The lowest BCUT2D eigenvalue weighted by Crippen LogP contribution is -1.98. The van der Waals surface area contributed by atoms with Gasteiger partial charge in [0.25, 0.3) is 0 Å². The zero-order chi connectivity index (χ0) is 15.2. The number of pyridine rings is 1. The maximum Gasteiger partial charge on any atom is 0.130 e. The van der Waals surface area contributed by atoms with Crippen LogP contribution in [0.3, 0.4) is 0 Å². The van der Waals surface area contributed by atoms with Crippen molar-refractivity contribution in [2.24, 2.45) is 0 Å². The fourth-order valence-electron chi connectivity index (χ4n) is 2.24. The van der Waals surface area contributed by atoms with Crippen molar-refractivity contribution in [1.82, 2.24) is 4.98 Å². The lowest BCUT2D eigenvalue weighted by molar-refractivity contribution is 0.302. The fraction of sp³-hybridized carbons (Fsp3) is 0.105. The molecule has 3 rings (SSSR count). The summed E-state index contributed by atoms with van der Waals surface area (Å²) in [5.41, 5.74) is 3.06. The first kappa shape index (κ1) is 14.1. The van der Waals surface area contributed by atoms with Gasteiger partial charge < -0.3 is 9.47 Å². The summed E-state index contributed by atoms with van der Waals surface area (Å²) in [6, 6.07) is 21.8. The number of ether oxygens (including phenoxy) is 2. The molecule has 0 aliphatic heterocycles. The molecular weight excluding hydrogens is 274 g/mol. The van der Waals surface area contributed by atoms with Gasteiger partial charge in [-0.05, 0) is 35.9 Å². The van der Waals surface area contributed by atoms with Gasteiger partial charge in [-0.3, -0.25) is 4.98 Å². The Kier molecular flexibility index (Phi) is 4.35.